The summed E-state index contributed by atoms with van der Waals surface area (Å²) in [7, 11) is 0. The zero-order valence-corrected chi connectivity index (χ0v) is 37.6. The van der Waals surface area contributed by atoms with Crippen LogP contribution >= 0.6 is 0 Å². The molecule has 11 rings (SSSR count). The lowest BCUT2D eigenvalue weighted by Gasteiger charge is -2.27. The van der Waals surface area contributed by atoms with Gasteiger partial charge in [0.2, 0.25) is 0 Å². The second kappa shape index (κ2) is 19.2. The van der Waals surface area contributed by atoms with Gasteiger partial charge in [0.15, 0.2) is 0 Å². The van der Waals surface area contributed by atoms with Gasteiger partial charge in [-0.2, -0.15) is 0 Å². The van der Waals surface area contributed by atoms with Crippen molar-refractivity contribution in [1.29, 1.82) is 0 Å². The lowest BCUT2D eigenvalue weighted by Crippen LogP contribution is -2.10. The van der Waals surface area contributed by atoms with Gasteiger partial charge in [-0.15, -0.1) is 0 Å². The van der Waals surface area contributed by atoms with E-state index in [1.807, 2.05) is 0 Å². The highest BCUT2D eigenvalue weighted by atomic mass is 15.1. The van der Waals surface area contributed by atoms with Crippen LogP contribution in [0.1, 0.15) is 0 Å². The van der Waals surface area contributed by atoms with E-state index < -0.39 is 0 Å². The first-order valence-corrected chi connectivity index (χ1v) is 23.2. The molecule has 0 saturated heterocycles. The average Bonchev–Trinajstić information content (AvgIpc) is 3.43. The fourth-order valence-corrected chi connectivity index (χ4v) is 9.20. The summed E-state index contributed by atoms with van der Waals surface area (Å²) in [5, 5.41) is 0. The fraction of sp³-hybridized carbons (Fsp3) is 0. The van der Waals surface area contributed by atoms with Crippen LogP contribution < -0.4 is 9.80 Å². The lowest BCUT2D eigenvalue weighted by atomic mass is 9.93. The first-order chi connectivity index (χ1) is 33.7. The zero-order chi connectivity index (χ0) is 45.5. The minimum absolute atomic E-state index is 1.07. The Kier molecular flexibility index (Phi) is 11.8. The van der Waals surface area contributed by atoms with Gasteiger partial charge in [-0.05, 0) is 140 Å². The summed E-state index contributed by atoms with van der Waals surface area (Å²) in [6, 6.07) is 105. The molecule has 11 aromatic rings. The van der Waals surface area contributed by atoms with Crippen molar-refractivity contribution in [2.24, 2.45) is 0 Å². The van der Waals surface area contributed by atoms with Crippen molar-refractivity contribution in [3.05, 3.63) is 291 Å². The van der Waals surface area contributed by atoms with Crippen LogP contribution in [0.3, 0.4) is 0 Å². The number of hydrogen-bond acceptors (Lipinski definition) is 2. The first-order valence-electron chi connectivity index (χ1n) is 23.2. The van der Waals surface area contributed by atoms with Gasteiger partial charge < -0.3 is 9.80 Å². The van der Waals surface area contributed by atoms with Gasteiger partial charge in [0, 0.05) is 34.1 Å². The third-order valence-corrected chi connectivity index (χ3v) is 12.7. The van der Waals surface area contributed by atoms with Gasteiger partial charge in [0.1, 0.15) is 0 Å². The zero-order valence-electron chi connectivity index (χ0n) is 37.6. The summed E-state index contributed by atoms with van der Waals surface area (Å²) in [4.78, 5) is 4.70. The van der Waals surface area contributed by atoms with E-state index >= 15 is 0 Å². The van der Waals surface area contributed by atoms with Gasteiger partial charge >= 0.3 is 0 Å². The van der Waals surface area contributed by atoms with Gasteiger partial charge in [-0.25, -0.2) is 0 Å². The summed E-state index contributed by atoms with van der Waals surface area (Å²) in [6.07, 6.45) is 0. The van der Waals surface area contributed by atoms with Crippen LogP contribution in [0.4, 0.5) is 34.1 Å². The van der Waals surface area contributed by atoms with E-state index in [9.17, 15) is 0 Å². The number of anilines is 6. The molecule has 0 spiro atoms. The molecule has 322 valence electrons. The smallest absolute Gasteiger partial charge is 0.0468 e. The van der Waals surface area contributed by atoms with Crippen LogP contribution in [0.2, 0.25) is 0 Å². The largest absolute Gasteiger partial charge is 0.311 e. The number of benzene rings is 11. The Bertz CT molecular complexity index is 3350. The highest BCUT2D eigenvalue weighted by molar-refractivity contribution is 5.90. The van der Waals surface area contributed by atoms with Gasteiger partial charge in [-0.1, -0.05) is 218 Å². The van der Waals surface area contributed by atoms with Crippen molar-refractivity contribution < 1.29 is 0 Å². The van der Waals surface area contributed by atoms with Crippen molar-refractivity contribution >= 4 is 34.1 Å². The molecule has 0 aliphatic carbocycles. The molecule has 2 nitrogen and oxygen atoms in total. The topological polar surface area (TPSA) is 6.48 Å². The summed E-state index contributed by atoms with van der Waals surface area (Å²) in [5.41, 5.74) is 20.7. The van der Waals surface area contributed by atoms with Gasteiger partial charge in [0.05, 0.1) is 0 Å². The van der Waals surface area contributed by atoms with Crippen LogP contribution in [0.15, 0.2) is 291 Å². The van der Waals surface area contributed by atoms with Crippen molar-refractivity contribution in [2.45, 2.75) is 0 Å². The van der Waals surface area contributed by atoms with Crippen LogP contribution in [-0.4, -0.2) is 0 Å². The summed E-state index contributed by atoms with van der Waals surface area (Å²) in [6.45, 7) is 0. The van der Waals surface area contributed by atoms with Crippen LogP contribution in [-0.2, 0) is 0 Å². The number of rotatable bonds is 12. The number of hydrogen-bond donors (Lipinski definition) is 0. The summed E-state index contributed by atoms with van der Waals surface area (Å²) >= 11 is 0. The van der Waals surface area contributed by atoms with Crippen LogP contribution in [0, 0.1) is 0 Å². The van der Waals surface area contributed by atoms with E-state index in [-0.39, 0.29) is 0 Å². The first kappa shape index (κ1) is 41.7. The highest BCUT2D eigenvalue weighted by Gasteiger charge is 2.19. The molecule has 0 bridgehead atoms. The van der Waals surface area contributed by atoms with Crippen molar-refractivity contribution in [2.75, 3.05) is 9.80 Å². The molecule has 0 heterocycles. The molecule has 2 heteroatoms. The Morgan fingerprint density at radius 1 is 0.147 bits per heavy atom. The van der Waals surface area contributed by atoms with E-state index in [1.54, 1.807) is 0 Å². The molecule has 0 amide bonds. The predicted octanol–water partition coefficient (Wildman–Crippen LogP) is 18.6. The Morgan fingerprint density at radius 3 is 0.721 bits per heavy atom. The van der Waals surface area contributed by atoms with Crippen molar-refractivity contribution in [1.82, 2.24) is 0 Å². The predicted molar refractivity (Wildman–Crippen MR) is 288 cm³/mol. The summed E-state index contributed by atoms with van der Waals surface area (Å²) in [5.74, 6) is 0. The van der Waals surface area contributed by atoms with E-state index in [1.165, 1.54) is 50.1 Å². The monoisotopic (exact) mass is 868 g/mol. The molecule has 11 aromatic carbocycles. The van der Waals surface area contributed by atoms with E-state index in [4.69, 9.17) is 0 Å². The van der Waals surface area contributed by atoms with E-state index in [2.05, 4.69) is 301 Å². The molecule has 0 aromatic heterocycles. The molecular formula is C66H48N2. The second-order valence-electron chi connectivity index (χ2n) is 17.0. The number of para-hydroxylation sites is 1. The minimum Gasteiger partial charge on any atom is -0.311 e. The van der Waals surface area contributed by atoms with Gasteiger partial charge in [-0.3, -0.25) is 0 Å². The van der Waals surface area contributed by atoms with Crippen molar-refractivity contribution in [3.63, 3.8) is 0 Å². The standard InChI is InChI=1S/C66H48N2/c1-6-16-49(17-7-1)52-26-28-53(29-27-52)56-34-42-63(43-35-56)68(62-40-32-55(33-41-62)51-20-10-3-11-21-51)64-46-47-65(66(48-64)57-22-12-4-13-23-57)58-36-44-61(45-37-58)67(59-24-14-5-15-25-59)60-38-30-54(31-39-60)50-18-8-2-9-19-50/h1-48H. The maximum Gasteiger partial charge on any atom is 0.0468 e. The molecule has 0 N–H and O–H groups in total. The molecular weight excluding hydrogens is 821 g/mol. The molecule has 0 saturated carbocycles. The normalized spacial score (nSPS) is 10.9. The minimum atomic E-state index is 1.07. The Hall–Kier alpha value is -8.98. The van der Waals surface area contributed by atoms with Crippen LogP contribution in [0.5, 0.6) is 0 Å². The molecule has 0 aliphatic heterocycles. The molecule has 0 unspecified atom stereocenters. The second-order valence-corrected chi connectivity index (χ2v) is 17.0. The van der Waals surface area contributed by atoms with Crippen molar-refractivity contribution in [3.8, 4) is 66.8 Å². The maximum absolute atomic E-state index is 2.37. The SMILES string of the molecule is c1ccc(-c2ccc(-c3ccc(N(c4ccc(-c5ccccc5)cc4)c4ccc(-c5ccc(N(c6ccccc6)c6ccc(-c7ccccc7)cc6)cc5)c(-c5ccccc5)c4)cc3)cc2)cc1. The maximum atomic E-state index is 2.37. The third kappa shape index (κ3) is 8.87. The Balaban J connectivity index is 0.965. The summed E-state index contributed by atoms with van der Waals surface area (Å²) < 4.78 is 0. The fourth-order valence-electron chi connectivity index (χ4n) is 9.20. The quantitative estimate of drug-likeness (QED) is 0.121. The van der Waals surface area contributed by atoms with Crippen LogP contribution in [0.25, 0.3) is 66.8 Å². The highest BCUT2D eigenvalue weighted by Crippen LogP contribution is 2.43. The molecule has 0 fully saturated rings. The average molecular weight is 869 g/mol. The molecule has 0 atom stereocenters. The van der Waals surface area contributed by atoms with Gasteiger partial charge in [0.25, 0.3) is 0 Å². The van der Waals surface area contributed by atoms with E-state index in [0.717, 1.165) is 50.8 Å². The lowest BCUT2D eigenvalue weighted by molar-refractivity contribution is 1.28. The Labute approximate surface area is 400 Å². The molecule has 68 heavy (non-hydrogen) atoms. The third-order valence-electron chi connectivity index (χ3n) is 12.7. The molecule has 0 radical (unpaired) electrons. The Morgan fingerprint density at radius 2 is 0.368 bits per heavy atom. The number of nitrogens with zero attached hydrogens (tertiary/aromatic N) is 2. The molecule has 0 aliphatic rings. The van der Waals surface area contributed by atoms with E-state index in [0.29, 0.717) is 0 Å².